The topological polar surface area (TPSA) is 8.29 Å². The maximum absolute atomic E-state index is 9.84. The van der Waals surface area contributed by atoms with Crippen LogP contribution in [-0.2, 0) is 6.54 Å². The number of unbranched alkanes of at least 4 members (excludes halogenated alkanes) is 1. The number of nitrogens with zero attached hydrogens (tertiary/aromatic N) is 2. The molecule has 2 aromatic rings. The third-order valence-corrected chi connectivity index (χ3v) is 2.26. The second kappa shape index (κ2) is 6.92. The molecule has 0 radical (unpaired) electrons. The van der Waals surface area contributed by atoms with Crippen LogP contribution in [-0.4, -0.2) is 4.40 Å². The van der Waals surface area contributed by atoms with Crippen LogP contribution < -0.4 is 9.27 Å². The Balaban J connectivity index is 0.000000448. The number of aromatic nitrogens is 2. The van der Waals surface area contributed by atoms with Crippen LogP contribution in [0, 0.1) is 0 Å². The normalized spacial score (nSPS) is 12.8. The number of fused-ring (bicyclic) bond motifs is 1. The van der Waals surface area contributed by atoms with Gasteiger partial charge in [-0.3, -0.25) is 0 Å². The first kappa shape index (κ1) is 18.7. The van der Waals surface area contributed by atoms with Gasteiger partial charge in [0.25, 0.3) is 0 Å². The average Bonchev–Trinajstić information content (AvgIpc) is 2.65. The molecule has 0 amide bonds. The van der Waals surface area contributed by atoms with E-state index in [0.717, 1.165) is 6.54 Å². The van der Waals surface area contributed by atoms with Crippen molar-refractivity contribution in [3.05, 3.63) is 36.9 Å². The SMILES string of the molecule is CCCC[n+]1cc2ccccn2c1.FP(F)(F)(F)F.[F-]. The van der Waals surface area contributed by atoms with E-state index in [9.17, 15) is 21.0 Å². The van der Waals surface area contributed by atoms with E-state index in [1.165, 1.54) is 18.4 Å². The molecule has 0 saturated heterocycles. The molecule has 116 valence electrons. The molecule has 0 atom stereocenters. The summed E-state index contributed by atoms with van der Waals surface area (Å²) in [7, 11) is -8.55. The van der Waals surface area contributed by atoms with Gasteiger partial charge < -0.3 is 4.70 Å². The van der Waals surface area contributed by atoms with Gasteiger partial charge in [0.15, 0.2) is 5.52 Å². The molecule has 2 rings (SSSR count). The molecule has 0 aliphatic heterocycles. The van der Waals surface area contributed by atoms with Crippen molar-refractivity contribution in [3.63, 3.8) is 0 Å². The van der Waals surface area contributed by atoms with Crippen molar-refractivity contribution in [2.75, 3.05) is 0 Å². The maximum Gasteiger partial charge on any atom is -1.00 e. The van der Waals surface area contributed by atoms with Crippen LogP contribution >= 0.6 is 8.16 Å². The van der Waals surface area contributed by atoms with Gasteiger partial charge in [-0.2, -0.15) is 0 Å². The summed E-state index contributed by atoms with van der Waals surface area (Å²) in [5, 5.41) is 0. The Labute approximate surface area is 112 Å². The molecule has 9 heteroatoms. The molecular formula is C11H15F6N2P. The van der Waals surface area contributed by atoms with E-state index in [4.69, 9.17) is 0 Å². The van der Waals surface area contributed by atoms with Gasteiger partial charge in [-0.25, -0.2) is 8.97 Å². The molecule has 0 bridgehead atoms. The van der Waals surface area contributed by atoms with E-state index in [2.05, 4.69) is 52.8 Å². The quantitative estimate of drug-likeness (QED) is 0.464. The smallest absolute Gasteiger partial charge is 1.00 e. The Morgan fingerprint density at radius 3 is 2.25 bits per heavy atom. The van der Waals surface area contributed by atoms with Crippen molar-refractivity contribution in [2.24, 2.45) is 0 Å². The van der Waals surface area contributed by atoms with Crippen LogP contribution in [0.25, 0.3) is 5.52 Å². The molecule has 0 N–H and O–H groups in total. The van der Waals surface area contributed by atoms with Crippen LogP contribution in [0.1, 0.15) is 19.8 Å². The minimum atomic E-state index is -8.55. The third-order valence-electron chi connectivity index (χ3n) is 2.26. The summed E-state index contributed by atoms with van der Waals surface area (Å²) in [6, 6.07) is 6.25. The molecule has 0 saturated carbocycles. The summed E-state index contributed by atoms with van der Waals surface area (Å²) in [5.41, 5.74) is 1.26. The first-order valence-electron chi connectivity index (χ1n) is 5.70. The second-order valence-electron chi connectivity index (χ2n) is 4.01. The van der Waals surface area contributed by atoms with E-state index in [1.54, 1.807) is 0 Å². The molecule has 0 aromatic carbocycles. The molecule has 20 heavy (non-hydrogen) atoms. The molecule has 0 aliphatic rings. The number of hydrogen-bond acceptors (Lipinski definition) is 0. The van der Waals surface area contributed by atoms with Gasteiger partial charge in [0.2, 0.25) is 6.33 Å². The molecule has 0 unspecified atom stereocenters. The molecule has 0 fully saturated rings. The van der Waals surface area contributed by atoms with Crippen LogP contribution in [0.4, 0.5) is 21.0 Å². The van der Waals surface area contributed by atoms with E-state index in [0.29, 0.717) is 0 Å². The molecule has 0 spiro atoms. The maximum atomic E-state index is 9.84. The minimum absolute atomic E-state index is 0. The zero-order chi connectivity index (χ0) is 14.5. The second-order valence-corrected chi connectivity index (χ2v) is 5.29. The van der Waals surface area contributed by atoms with Gasteiger partial charge in [-0.15, -0.1) is 0 Å². The van der Waals surface area contributed by atoms with Gasteiger partial charge in [-0.05, 0) is 18.6 Å². The molecule has 2 heterocycles. The molecular weight excluding hydrogens is 305 g/mol. The van der Waals surface area contributed by atoms with Crippen LogP contribution in [0.5, 0.6) is 0 Å². The standard InChI is InChI=1S/C11H15N2.F5P.FH/c1-2-3-7-12-9-11-6-4-5-8-13(11)10-12;1-6(2,3,4)5;/h4-6,8-10H,2-3,7H2,1H3;;1H/q+1;;/p-1. The fraction of sp³-hybridized carbons (Fsp3) is 0.364. The van der Waals surface area contributed by atoms with Crippen molar-refractivity contribution in [3.8, 4) is 0 Å². The fourth-order valence-corrected chi connectivity index (χ4v) is 1.51. The summed E-state index contributed by atoms with van der Waals surface area (Å²) in [5.74, 6) is 0. The minimum Gasteiger partial charge on any atom is -1.00 e. The number of pyridine rings is 1. The van der Waals surface area contributed by atoms with E-state index < -0.39 is 8.16 Å². The van der Waals surface area contributed by atoms with Crippen molar-refractivity contribution in [1.82, 2.24) is 4.40 Å². The summed E-state index contributed by atoms with van der Waals surface area (Å²) in [6.07, 6.45) is 8.92. The van der Waals surface area contributed by atoms with Gasteiger partial charge in [-0.1, -0.05) is 19.4 Å². The van der Waals surface area contributed by atoms with Gasteiger partial charge in [0.05, 0.1) is 12.7 Å². The summed E-state index contributed by atoms with van der Waals surface area (Å²) in [4.78, 5) is 0. The van der Waals surface area contributed by atoms with Crippen molar-refractivity contribution in [2.45, 2.75) is 26.3 Å². The number of halogens is 6. The first-order valence-corrected chi connectivity index (χ1v) is 7.39. The van der Waals surface area contributed by atoms with Crippen molar-refractivity contribution < 1.29 is 30.3 Å². The predicted molar refractivity (Wildman–Crippen MR) is 65.0 cm³/mol. The monoisotopic (exact) mass is 320 g/mol. The van der Waals surface area contributed by atoms with Gasteiger partial charge in [0.1, 0.15) is 6.20 Å². The zero-order valence-corrected chi connectivity index (χ0v) is 11.6. The average molecular weight is 320 g/mol. The molecule has 2 aromatic heterocycles. The Bertz CT molecular complexity index is 484. The van der Waals surface area contributed by atoms with E-state index in [1.807, 2.05) is 0 Å². The number of imidazole rings is 1. The number of aryl methyl sites for hydroxylation is 1. The van der Waals surface area contributed by atoms with Crippen LogP contribution in [0.3, 0.4) is 0 Å². The van der Waals surface area contributed by atoms with Gasteiger partial charge in [0, 0.05) is 0 Å². The number of rotatable bonds is 3. The Morgan fingerprint density at radius 1 is 1.15 bits per heavy atom. The van der Waals surface area contributed by atoms with Crippen LogP contribution in [0.15, 0.2) is 36.9 Å². The van der Waals surface area contributed by atoms with Crippen molar-refractivity contribution >= 4 is 13.7 Å². The summed E-state index contributed by atoms with van der Waals surface area (Å²) >= 11 is 0. The summed E-state index contributed by atoms with van der Waals surface area (Å²) in [6.45, 7) is 3.34. The third kappa shape index (κ3) is 8.74. The predicted octanol–water partition coefficient (Wildman–Crippen LogP) is 1.99. The Kier molecular flexibility index (Phi) is 6.47. The Morgan fingerprint density at radius 2 is 1.75 bits per heavy atom. The molecule has 2 nitrogen and oxygen atoms in total. The first-order chi connectivity index (χ1) is 8.63. The largest absolute Gasteiger partial charge is 1.00 e. The van der Waals surface area contributed by atoms with Crippen LogP contribution in [0.2, 0.25) is 0 Å². The summed E-state index contributed by atoms with van der Waals surface area (Å²) < 4.78 is 53.6. The zero-order valence-electron chi connectivity index (χ0n) is 10.7. The molecule has 0 aliphatic carbocycles. The van der Waals surface area contributed by atoms with Gasteiger partial charge >= 0.3 is 29.1 Å². The van der Waals surface area contributed by atoms with Crippen molar-refractivity contribution in [1.29, 1.82) is 0 Å². The fourth-order valence-electron chi connectivity index (χ4n) is 1.51. The van der Waals surface area contributed by atoms with E-state index in [-0.39, 0.29) is 4.70 Å². The van der Waals surface area contributed by atoms with E-state index >= 15 is 0 Å². The number of hydrogen-bond donors (Lipinski definition) is 0. The Hall–Kier alpha value is -1.30.